The molecule has 0 saturated heterocycles. The van der Waals surface area contributed by atoms with Gasteiger partial charge in [0.25, 0.3) is 5.91 Å². The molecule has 1 amide bonds. The van der Waals surface area contributed by atoms with Crippen molar-refractivity contribution in [3.05, 3.63) is 66.0 Å². The third-order valence-corrected chi connectivity index (χ3v) is 3.86. The highest BCUT2D eigenvalue weighted by atomic mass is 32.2. The molecule has 2 aromatic rings. The fourth-order valence-corrected chi connectivity index (χ4v) is 2.52. The number of halogens is 1. The molecule has 0 aliphatic carbocycles. The summed E-state index contributed by atoms with van der Waals surface area (Å²) in [5.41, 5.74) is 0.207. The van der Waals surface area contributed by atoms with E-state index in [1.807, 2.05) is 30.3 Å². The summed E-state index contributed by atoms with van der Waals surface area (Å²) in [4.78, 5) is 24.4. The molecule has 0 spiro atoms. The molecule has 2 rings (SSSR count). The monoisotopic (exact) mass is 333 g/mol. The molecule has 2 aromatic carbocycles. The summed E-state index contributed by atoms with van der Waals surface area (Å²) in [6.45, 7) is 0.124. The van der Waals surface area contributed by atoms with Gasteiger partial charge in [-0.25, -0.2) is 9.18 Å². The maximum atomic E-state index is 12.7. The summed E-state index contributed by atoms with van der Waals surface area (Å²) < 4.78 is 17.6. The standard InChI is InChI=1S/C17H16FNO3S/c18-14-8-6-13(7-9-14)17(21)22-12-16(20)19-10-11-23-15-4-2-1-3-5-15/h1-9H,10-12H2,(H,19,20). The van der Waals surface area contributed by atoms with Gasteiger partial charge in [0.1, 0.15) is 5.82 Å². The van der Waals surface area contributed by atoms with Crippen molar-refractivity contribution in [2.24, 2.45) is 0 Å². The second-order valence-corrected chi connectivity index (χ2v) is 5.76. The number of hydrogen-bond acceptors (Lipinski definition) is 4. The van der Waals surface area contributed by atoms with E-state index in [-0.39, 0.29) is 18.1 Å². The lowest BCUT2D eigenvalue weighted by Gasteiger charge is -2.06. The molecular weight excluding hydrogens is 317 g/mol. The Morgan fingerprint density at radius 1 is 1.04 bits per heavy atom. The first-order chi connectivity index (χ1) is 11.1. The van der Waals surface area contributed by atoms with Crippen molar-refractivity contribution in [1.29, 1.82) is 0 Å². The van der Waals surface area contributed by atoms with Gasteiger partial charge in [-0.2, -0.15) is 0 Å². The Hall–Kier alpha value is -2.34. The van der Waals surface area contributed by atoms with Crippen LogP contribution < -0.4 is 5.32 Å². The normalized spacial score (nSPS) is 10.1. The minimum absolute atomic E-state index is 0.207. The van der Waals surface area contributed by atoms with Crippen LogP contribution in [0.25, 0.3) is 0 Å². The van der Waals surface area contributed by atoms with Crippen LogP contribution in [0.3, 0.4) is 0 Å². The Labute approximate surface area is 138 Å². The third-order valence-electron chi connectivity index (χ3n) is 2.85. The summed E-state index contributed by atoms with van der Waals surface area (Å²) in [6.07, 6.45) is 0. The van der Waals surface area contributed by atoms with E-state index in [9.17, 15) is 14.0 Å². The van der Waals surface area contributed by atoms with Gasteiger partial charge in [-0.3, -0.25) is 4.79 Å². The van der Waals surface area contributed by atoms with E-state index in [2.05, 4.69) is 5.32 Å². The Morgan fingerprint density at radius 3 is 2.43 bits per heavy atom. The molecule has 0 aliphatic heterocycles. The molecule has 6 heteroatoms. The molecule has 0 radical (unpaired) electrons. The Balaban J connectivity index is 1.63. The number of amides is 1. The first kappa shape index (κ1) is 17.0. The van der Waals surface area contributed by atoms with Crippen LogP contribution in [-0.4, -0.2) is 30.8 Å². The fraction of sp³-hybridized carbons (Fsp3) is 0.176. The van der Waals surface area contributed by atoms with Crippen LogP contribution in [0.4, 0.5) is 4.39 Å². The third kappa shape index (κ3) is 6.12. The van der Waals surface area contributed by atoms with Crippen molar-refractivity contribution < 1.29 is 18.7 Å². The van der Waals surface area contributed by atoms with Crippen LogP contribution in [-0.2, 0) is 9.53 Å². The van der Waals surface area contributed by atoms with E-state index in [1.54, 1.807) is 11.8 Å². The van der Waals surface area contributed by atoms with E-state index in [1.165, 1.54) is 12.1 Å². The van der Waals surface area contributed by atoms with Crippen LogP contribution in [0.5, 0.6) is 0 Å². The van der Waals surface area contributed by atoms with Crippen molar-refractivity contribution in [2.75, 3.05) is 18.9 Å². The zero-order valence-electron chi connectivity index (χ0n) is 12.3. The fourth-order valence-electron chi connectivity index (χ4n) is 1.73. The van der Waals surface area contributed by atoms with Gasteiger partial charge in [-0.15, -0.1) is 11.8 Å². The number of nitrogens with one attached hydrogen (secondary N) is 1. The number of carbonyl (C=O) groups is 2. The second-order valence-electron chi connectivity index (χ2n) is 4.59. The van der Waals surface area contributed by atoms with Gasteiger partial charge in [-0.05, 0) is 36.4 Å². The van der Waals surface area contributed by atoms with E-state index in [0.29, 0.717) is 6.54 Å². The van der Waals surface area contributed by atoms with Crippen molar-refractivity contribution in [2.45, 2.75) is 4.90 Å². The molecule has 23 heavy (non-hydrogen) atoms. The quantitative estimate of drug-likeness (QED) is 0.481. The smallest absolute Gasteiger partial charge is 0.338 e. The van der Waals surface area contributed by atoms with Crippen LogP contribution >= 0.6 is 11.8 Å². The predicted octanol–water partition coefficient (Wildman–Crippen LogP) is 2.89. The van der Waals surface area contributed by atoms with Gasteiger partial charge >= 0.3 is 5.97 Å². The molecule has 0 fully saturated rings. The molecule has 0 unspecified atom stereocenters. The molecule has 120 valence electrons. The Kier molecular flexibility index (Phi) is 6.62. The van der Waals surface area contributed by atoms with Gasteiger partial charge in [0.15, 0.2) is 6.61 Å². The maximum absolute atomic E-state index is 12.7. The van der Waals surface area contributed by atoms with Crippen LogP contribution in [0.1, 0.15) is 10.4 Å². The maximum Gasteiger partial charge on any atom is 0.338 e. The number of rotatable bonds is 7. The van der Waals surface area contributed by atoms with E-state index >= 15 is 0 Å². The van der Waals surface area contributed by atoms with Crippen LogP contribution in [0.15, 0.2) is 59.5 Å². The Morgan fingerprint density at radius 2 is 1.74 bits per heavy atom. The Bertz CT molecular complexity index is 647. The highest BCUT2D eigenvalue weighted by molar-refractivity contribution is 7.99. The molecule has 4 nitrogen and oxygen atoms in total. The number of benzene rings is 2. The molecule has 0 atom stereocenters. The second kappa shape index (κ2) is 8.95. The number of ether oxygens (including phenoxy) is 1. The van der Waals surface area contributed by atoms with Crippen molar-refractivity contribution in [3.8, 4) is 0 Å². The number of hydrogen-bond donors (Lipinski definition) is 1. The molecule has 0 saturated carbocycles. The first-order valence-electron chi connectivity index (χ1n) is 7.02. The summed E-state index contributed by atoms with van der Waals surface area (Å²) in [5, 5.41) is 2.67. The van der Waals surface area contributed by atoms with Crippen molar-refractivity contribution in [1.82, 2.24) is 5.32 Å². The van der Waals surface area contributed by atoms with E-state index in [0.717, 1.165) is 22.8 Å². The summed E-state index contributed by atoms with van der Waals surface area (Å²) >= 11 is 1.63. The molecular formula is C17H16FNO3S. The molecule has 1 N–H and O–H groups in total. The molecule has 0 aromatic heterocycles. The topological polar surface area (TPSA) is 55.4 Å². The summed E-state index contributed by atoms with van der Waals surface area (Å²) in [5.74, 6) is -0.732. The van der Waals surface area contributed by atoms with E-state index in [4.69, 9.17) is 4.74 Å². The molecule has 0 bridgehead atoms. The van der Waals surface area contributed by atoms with E-state index < -0.39 is 11.8 Å². The number of esters is 1. The lowest BCUT2D eigenvalue weighted by molar-refractivity contribution is -0.124. The minimum atomic E-state index is -0.654. The largest absolute Gasteiger partial charge is 0.452 e. The summed E-state index contributed by atoms with van der Waals surface area (Å²) in [7, 11) is 0. The number of thioether (sulfide) groups is 1. The molecule has 0 aliphatic rings. The zero-order chi connectivity index (χ0) is 16.5. The first-order valence-corrected chi connectivity index (χ1v) is 8.01. The highest BCUT2D eigenvalue weighted by Gasteiger charge is 2.09. The minimum Gasteiger partial charge on any atom is -0.452 e. The van der Waals surface area contributed by atoms with Crippen LogP contribution in [0.2, 0.25) is 0 Å². The van der Waals surface area contributed by atoms with Crippen molar-refractivity contribution >= 4 is 23.6 Å². The van der Waals surface area contributed by atoms with Crippen molar-refractivity contribution in [3.63, 3.8) is 0 Å². The lowest BCUT2D eigenvalue weighted by atomic mass is 10.2. The van der Waals surface area contributed by atoms with Gasteiger partial charge in [0, 0.05) is 17.2 Å². The van der Waals surface area contributed by atoms with Gasteiger partial charge in [0.05, 0.1) is 5.56 Å². The zero-order valence-corrected chi connectivity index (χ0v) is 13.1. The predicted molar refractivity (Wildman–Crippen MR) is 86.9 cm³/mol. The lowest BCUT2D eigenvalue weighted by Crippen LogP contribution is -2.30. The van der Waals surface area contributed by atoms with Gasteiger partial charge < -0.3 is 10.1 Å². The highest BCUT2D eigenvalue weighted by Crippen LogP contribution is 2.15. The average Bonchev–Trinajstić information content (AvgIpc) is 2.58. The summed E-state index contributed by atoms with van der Waals surface area (Å²) in [6, 6.07) is 14.8. The SMILES string of the molecule is O=C(COC(=O)c1ccc(F)cc1)NCCSc1ccccc1. The number of carbonyl (C=O) groups excluding carboxylic acids is 2. The average molecular weight is 333 g/mol. The van der Waals surface area contributed by atoms with Gasteiger partial charge in [-0.1, -0.05) is 18.2 Å². The van der Waals surface area contributed by atoms with Crippen LogP contribution in [0, 0.1) is 5.82 Å². The molecule has 0 heterocycles. The van der Waals surface area contributed by atoms with Gasteiger partial charge in [0.2, 0.25) is 0 Å².